The molecule has 1 aliphatic heterocycles. The van der Waals surface area contributed by atoms with Crippen LogP contribution in [0.4, 0.5) is 14.5 Å². The molecule has 0 saturated carbocycles. The number of hydrogen-bond acceptors (Lipinski definition) is 2. The third-order valence-corrected chi connectivity index (χ3v) is 10.5. The van der Waals surface area contributed by atoms with E-state index in [2.05, 4.69) is 11.4 Å². The molecule has 2 nitrogen and oxygen atoms in total. The van der Waals surface area contributed by atoms with Gasteiger partial charge in [0, 0.05) is 27.5 Å². The number of rotatable bonds is 5. The second-order valence-electron chi connectivity index (χ2n) is 9.61. The molecule has 2 atom stereocenters. The number of nitrogens with one attached hydrogen (secondary N) is 1. The van der Waals surface area contributed by atoms with E-state index >= 15 is 4.57 Å². The smallest absolute Gasteiger partial charge is 0.173 e. The van der Waals surface area contributed by atoms with Gasteiger partial charge >= 0.3 is 0 Å². The first-order chi connectivity index (χ1) is 18.5. The summed E-state index contributed by atoms with van der Waals surface area (Å²) >= 11 is 0. The van der Waals surface area contributed by atoms with Gasteiger partial charge in [0.25, 0.3) is 0 Å². The van der Waals surface area contributed by atoms with Gasteiger partial charge < -0.3 is 9.88 Å². The van der Waals surface area contributed by atoms with Crippen LogP contribution < -0.4 is 21.2 Å². The minimum atomic E-state index is -3.27. The molecule has 38 heavy (non-hydrogen) atoms. The molecule has 0 radical (unpaired) electrons. The van der Waals surface area contributed by atoms with E-state index in [4.69, 9.17) is 0 Å². The van der Waals surface area contributed by atoms with E-state index in [9.17, 15) is 8.78 Å². The molecule has 5 aromatic rings. The minimum absolute atomic E-state index is 0.0677. The Bertz CT molecular complexity index is 1560. The first-order valence-electron chi connectivity index (χ1n) is 12.7. The summed E-state index contributed by atoms with van der Waals surface area (Å²) in [6.07, 6.45) is 0.689. The van der Waals surface area contributed by atoms with Crippen LogP contribution in [0.2, 0.25) is 0 Å². The van der Waals surface area contributed by atoms with E-state index in [-0.39, 0.29) is 23.6 Å². The van der Waals surface area contributed by atoms with E-state index in [0.717, 1.165) is 38.3 Å². The lowest BCUT2D eigenvalue weighted by molar-refractivity contribution is 0.589. The van der Waals surface area contributed by atoms with Crippen LogP contribution >= 0.6 is 7.14 Å². The highest BCUT2D eigenvalue weighted by Gasteiger charge is 2.37. The Morgan fingerprint density at radius 2 is 1.13 bits per heavy atom. The predicted octanol–water partition coefficient (Wildman–Crippen LogP) is 7.29. The number of halogens is 2. The van der Waals surface area contributed by atoms with Crippen LogP contribution in [-0.2, 0) is 4.57 Å². The highest BCUT2D eigenvalue weighted by molar-refractivity contribution is 7.85. The highest BCUT2D eigenvalue weighted by atomic mass is 31.2. The van der Waals surface area contributed by atoms with Gasteiger partial charge in [0.1, 0.15) is 11.6 Å². The summed E-state index contributed by atoms with van der Waals surface area (Å²) in [5.74, 6) is -0.648. The quantitative estimate of drug-likeness (QED) is 0.246. The standard InChI is InChI=1S/C33H26F2NOP/c34-25-18-14-23(15-19-25)30-22-31(24-16-20-26(35)21-17-24)36-33-29(30)12-7-13-32(33)38(37,27-8-3-1-4-9-27)28-10-5-2-6-11-28/h1-21,30-31,36H,22H2/t30-,31+/m1/s1. The molecule has 0 unspecified atom stereocenters. The molecule has 5 heteroatoms. The first kappa shape index (κ1) is 24.3. The second-order valence-corrected chi connectivity index (χ2v) is 12.3. The van der Waals surface area contributed by atoms with Crippen LogP contribution in [0.25, 0.3) is 0 Å². The Hall–Kier alpha value is -4.01. The summed E-state index contributed by atoms with van der Waals surface area (Å²) in [4.78, 5) is 0. The predicted molar refractivity (Wildman–Crippen MR) is 151 cm³/mol. The van der Waals surface area contributed by atoms with Crippen LogP contribution in [0.1, 0.15) is 35.1 Å². The third kappa shape index (κ3) is 4.36. The van der Waals surface area contributed by atoms with E-state index in [1.807, 2.05) is 84.9 Å². The Morgan fingerprint density at radius 1 is 0.605 bits per heavy atom. The molecule has 1 N–H and O–H groups in total. The van der Waals surface area contributed by atoms with E-state index in [1.165, 1.54) is 24.3 Å². The summed E-state index contributed by atoms with van der Waals surface area (Å²) in [5.41, 5.74) is 3.75. The fourth-order valence-corrected chi connectivity index (χ4v) is 8.33. The molecule has 0 amide bonds. The van der Waals surface area contributed by atoms with Crippen molar-refractivity contribution in [1.82, 2.24) is 0 Å². The van der Waals surface area contributed by atoms with Gasteiger partial charge in [-0.15, -0.1) is 0 Å². The van der Waals surface area contributed by atoms with Gasteiger partial charge in [0.2, 0.25) is 0 Å². The fraction of sp³-hybridized carbons (Fsp3) is 0.0909. The summed E-state index contributed by atoms with van der Waals surface area (Å²) < 4.78 is 42.9. The summed E-state index contributed by atoms with van der Waals surface area (Å²) in [5, 5.41) is 5.92. The molecule has 6 rings (SSSR count). The monoisotopic (exact) mass is 521 g/mol. The maximum Gasteiger partial charge on any atom is 0.173 e. The fourth-order valence-electron chi connectivity index (χ4n) is 5.49. The van der Waals surface area contributed by atoms with E-state index < -0.39 is 7.14 Å². The molecular formula is C33H26F2NOP. The maximum absolute atomic E-state index is 15.3. The normalized spacial score (nSPS) is 16.9. The second kappa shape index (κ2) is 10.0. The minimum Gasteiger partial charge on any atom is -0.377 e. The van der Waals surface area contributed by atoms with Crippen molar-refractivity contribution in [3.05, 3.63) is 156 Å². The average Bonchev–Trinajstić information content (AvgIpc) is 2.97. The summed E-state index contributed by atoms with van der Waals surface area (Å²) in [6, 6.07) is 38.1. The molecule has 188 valence electrons. The lowest BCUT2D eigenvalue weighted by Crippen LogP contribution is -2.32. The molecule has 1 aliphatic rings. The molecule has 0 aliphatic carbocycles. The van der Waals surface area contributed by atoms with E-state index in [0.29, 0.717) is 6.42 Å². The number of para-hydroxylation sites is 1. The Labute approximate surface area is 221 Å². The van der Waals surface area contributed by atoms with Gasteiger partial charge in [0.15, 0.2) is 7.14 Å². The van der Waals surface area contributed by atoms with Crippen molar-refractivity contribution < 1.29 is 13.3 Å². The van der Waals surface area contributed by atoms with E-state index in [1.54, 1.807) is 12.1 Å². The molecule has 1 heterocycles. The topological polar surface area (TPSA) is 29.1 Å². The summed E-state index contributed by atoms with van der Waals surface area (Å²) in [6.45, 7) is 0. The van der Waals surface area contributed by atoms with Gasteiger partial charge in [-0.3, -0.25) is 0 Å². The maximum atomic E-state index is 15.3. The van der Waals surface area contributed by atoms with Gasteiger partial charge in [-0.25, -0.2) is 8.78 Å². The van der Waals surface area contributed by atoms with Crippen LogP contribution in [0.3, 0.4) is 0 Å². The zero-order chi connectivity index (χ0) is 26.1. The lowest BCUT2D eigenvalue weighted by atomic mass is 9.80. The molecule has 0 saturated heterocycles. The Kier molecular flexibility index (Phi) is 6.43. The van der Waals surface area contributed by atoms with Gasteiger partial charge in [-0.2, -0.15) is 0 Å². The van der Waals surface area contributed by atoms with Crippen molar-refractivity contribution >= 4 is 28.7 Å². The number of benzene rings is 5. The van der Waals surface area contributed by atoms with Crippen molar-refractivity contribution in [2.24, 2.45) is 0 Å². The molecule has 0 aromatic heterocycles. The van der Waals surface area contributed by atoms with Crippen molar-refractivity contribution in [2.75, 3.05) is 5.32 Å². The van der Waals surface area contributed by atoms with Gasteiger partial charge in [-0.05, 0) is 53.4 Å². The van der Waals surface area contributed by atoms with Crippen LogP contribution in [0.5, 0.6) is 0 Å². The summed E-state index contributed by atoms with van der Waals surface area (Å²) in [7, 11) is -3.27. The molecule has 5 aromatic carbocycles. The molecule has 0 spiro atoms. The van der Waals surface area contributed by atoms with Gasteiger partial charge in [-0.1, -0.05) is 97.1 Å². The third-order valence-electron chi connectivity index (χ3n) is 7.36. The molecule has 0 fully saturated rings. The largest absolute Gasteiger partial charge is 0.377 e. The number of fused-ring (bicyclic) bond motifs is 1. The average molecular weight is 522 g/mol. The SMILES string of the molecule is O=P(c1ccccc1)(c1ccccc1)c1cccc2c1N[C@H](c1ccc(F)cc1)C[C@@H]2c1ccc(F)cc1. The lowest BCUT2D eigenvalue weighted by Gasteiger charge is -2.36. The van der Waals surface area contributed by atoms with Crippen LogP contribution in [0.15, 0.2) is 127 Å². The van der Waals surface area contributed by atoms with Crippen molar-refractivity contribution in [2.45, 2.75) is 18.4 Å². The molecular weight excluding hydrogens is 495 g/mol. The van der Waals surface area contributed by atoms with Crippen LogP contribution in [-0.4, -0.2) is 0 Å². The van der Waals surface area contributed by atoms with Crippen molar-refractivity contribution in [3.63, 3.8) is 0 Å². The highest BCUT2D eigenvalue weighted by Crippen LogP contribution is 2.50. The Morgan fingerprint density at radius 3 is 1.68 bits per heavy atom. The number of hydrogen-bond donors (Lipinski definition) is 1. The van der Waals surface area contributed by atoms with Gasteiger partial charge in [0.05, 0.1) is 6.04 Å². The zero-order valence-electron chi connectivity index (χ0n) is 20.6. The first-order valence-corrected chi connectivity index (χ1v) is 14.4. The van der Waals surface area contributed by atoms with Crippen molar-refractivity contribution in [1.29, 1.82) is 0 Å². The molecule has 0 bridgehead atoms. The van der Waals surface area contributed by atoms with Crippen molar-refractivity contribution in [3.8, 4) is 0 Å². The number of anilines is 1. The Balaban J connectivity index is 1.59. The van der Waals surface area contributed by atoms with Crippen LogP contribution in [0, 0.1) is 11.6 Å². The zero-order valence-corrected chi connectivity index (χ0v) is 21.5.